The quantitative estimate of drug-likeness (QED) is 0.507. The van der Waals surface area contributed by atoms with Crippen LogP contribution in [0.25, 0.3) is 0 Å². The van der Waals surface area contributed by atoms with Crippen LogP contribution in [0, 0.1) is 11.3 Å². The van der Waals surface area contributed by atoms with E-state index < -0.39 is 0 Å². The Kier molecular flexibility index (Phi) is 7.90. The molecule has 0 atom stereocenters. The molecule has 1 aromatic heterocycles. The molecule has 0 spiro atoms. The predicted molar refractivity (Wildman–Crippen MR) is 131 cm³/mol. The minimum atomic E-state index is -0.0300. The molecule has 1 aliphatic rings. The lowest BCUT2D eigenvalue weighted by molar-refractivity contribution is 0.0550. The van der Waals surface area contributed by atoms with E-state index in [0.717, 1.165) is 50.2 Å². The van der Waals surface area contributed by atoms with Gasteiger partial charge in [0.15, 0.2) is 0 Å². The lowest BCUT2D eigenvalue weighted by atomic mass is 10.00. The van der Waals surface area contributed by atoms with E-state index in [4.69, 9.17) is 4.74 Å². The van der Waals surface area contributed by atoms with Crippen LogP contribution in [0.4, 0.5) is 0 Å². The first-order chi connectivity index (χ1) is 16.7. The number of methoxy groups -OCH3 is 1. The lowest BCUT2D eigenvalue weighted by Crippen LogP contribution is -2.47. The number of pyridine rings is 1. The summed E-state index contributed by atoms with van der Waals surface area (Å²) in [6, 6.07) is 21.4. The number of piperidine rings is 1. The molecule has 0 radical (unpaired) electrons. The van der Waals surface area contributed by atoms with E-state index in [0.29, 0.717) is 17.7 Å². The van der Waals surface area contributed by atoms with Gasteiger partial charge in [-0.05, 0) is 66.8 Å². The zero-order valence-electron chi connectivity index (χ0n) is 19.6. The van der Waals surface area contributed by atoms with E-state index in [9.17, 15) is 10.1 Å². The number of amides is 1. The summed E-state index contributed by atoms with van der Waals surface area (Å²) in [5.41, 5.74) is 3.37. The second kappa shape index (κ2) is 11.4. The third kappa shape index (κ3) is 6.00. The van der Waals surface area contributed by atoms with E-state index in [-0.39, 0.29) is 11.9 Å². The summed E-state index contributed by atoms with van der Waals surface area (Å²) in [7, 11) is 1.68. The number of hydrogen-bond donors (Lipinski definition) is 0. The van der Waals surface area contributed by atoms with Crippen molar-refractivity contribution in [3.63, 3.8) is 0 Å². The predicted octanol–water partition coefficient (Wildman–Crippen LogP) is 4.31. The van der Waals surface area contributed by atoms with Crippen molar-refractivity contribution in [2.45, 2.75) is 31.8 Å². The highest BCUT2D eigenvalue weighted by atomic mass is 16.5. The molecule has 2 heterocycles. The topological polar surface area (TPSA) is 69.5 Å². The Morgan fingerprint density at radius 2 is 1.91 bits per heavy atom. The number of benzene rings is 2. The SMILES string of the molecule is COc1ccc(CCN2CCC(N(Cc3cccnc3)C(=O)c3cccc(C#N)c3)CC2)cc1. The molecule has 1 fully saturated rings. The van der Waals surface area contributed by atoms with Gasteiger partial charge < -0.3 is 14.5 Å². The van der Waals surface area contributed by atoms with Gasteiger partial charge in [0.25, 0.3) is 5.91 Å². The smallest absolute Gasteiger partial charge is 0.254 e. The Morgan fingerprint density at radius 1 is 1.12 bits per heavy atom. The molecule has 6 heteroatoms. The highest BCUT2D eigenvalue weighted by molar-refractivity contribution is 5.94. The Labute approximate surface area is 201 Å². The van der Waals surface area contributed by atoms with Crippen molar-refractivity contribution in [1.29, 1.82) is 5.26 Å². The van der Waals surface area contributed by atoms with E-state index >= 15 is 0 Å². The first-order valence-electron chi connectivity index (χ1n) is 11.7. The van der Waals surface area contributed by atoms with Crippen molar-refractivity contribution in [3.05, 3.63) is 95.3 Å². The number of likely N-dealkylation sites (tertiary alicyclic amines) is 1. The van der Waals surface area contributed by atoms with Gasteiger partial charge in [-0.15, -0.1) is 0 Å². The molecule has 0 unspecified atom stereocenters. The monoisotopic (exact) mass is 454 g/mol. The summed E-state index contributed by atoms with van der Waals surface area (Å²) in [4.78, 5) is 22.2. The van der Waals surface area contributed by atoms with Crippen LogP contribution in [0.5, 0.6) is 5.75 Å². The van der Waals surface area contributed by atoms with E-state index in [2.05, 4.69) is 28.1 Å². The Bertz CT molecular complexity index is 1120. The van der Waals surface area contributed by atoms with Crippen molar-refractivity contribution >= 4 is 5.91 Å². The van der Waals surface area contributed by atoms with Gasteiger partial charge in [-0.25, -0.2) is 0 Å². The number of carbonyl (C=O) groups is 1. The van der Waals surface area contributed by atoms with Crippen LogP contribution in [-0.4, -0.2) is 53.5 Å². The largest absolute Gasteiger partial charge is 0.497 e. The van der Waals surface area contributed by atoms with Crippen molar-refractivity contribution < 1.29 is 9.53 Å². The van der Waals surface area contributed by atoms with E-state index in [1.165, 1.54) is 5.56 Å². The van der Waals surface area contributed by atoms with Crippen molar-refractivity contribution in [1.82, 2.24) is 14.8 Å². The van der Waals surface area contributed by atoms with Crippen LogP contribution in [0.1, 0.15) is 39.9 Å². The van der Waals surface area contributed by atoms with Gasteiger partial charge in [-0.2, -0.15) is 5.26 Å². The molecule has 2 aromatic carbocycles. The molecule has 3 aromatic rings. The van der Waals surface area contributed by atoms with Crippen LogP contribution < -0.4 is 4.74 Å². The number of rotatable bonds is 8. The van der Waals surface area contributed by atoms with Crippen LogP contribution in [0.2, 0.25) is 0 Å². The first kappa shape index (κ1) is 23.5. The van der Waals surface area contributed by atoms with Crippen LogP contribution in [0.15, 0.2) is 73.1 Å². The molecule has 6 nitrogen and oxygen atoms in total. The maximum atomic E-state index is 13.5. The summed E-state index contributed by atoms with van der Waals surface area (Å²) in [6.07, 6.45) is 6.40. The fourth-order valence-corrected chi connectivity index (χ4v) is 4.48. The van der Waals surface area contributed by atoms with Gasteiger partial charge in [-0.3, -0.25) is 9.78 Å². The molecular weight excluding hydrogens is 424 g/mol. The van der Waals surface area contributed by atoms with Crippen LogP contribution >= 0.6 is 0 Å². The molecule has 174 valence electrons. The number of hydrogen-bond acceptors (Lipinski definition) is 5. The van der Waals surface area contributed by atoms with Crippen molar-refractivity contribution in [2.75, 3.05) is 26.7 Å². The highest BCUT2D eigenvalue weighted by Crippen LogP contribution is 2.22. The standard InChI is InChI=1S/C28H30N4O2/c1-34-27-9-7-22(8-10-27)11-15-31-16-12-26(13-17-31)32(21-24-5-3-14-30-20-24)28(33)25-6-2-4-23(18-25)19-29/h2-10,14,18,20,26H,11-13,15-17,21H2,1H3. The third-order valence-electron chi connectivity index (χ3n) is 6.45. The maximum absolute atomic E-state index is 13.5. The fraction of sp³-hybridized carbons (Fsp3) is 0.321. The number of ether oxygens (including phenoxy) is 1. The summed E-state index contributed by atoms with van der Waals surface area (Å²) in [6.45, 7) is 3.42. The van der Waals surface area contributed by atoms with Crippen LogP contribution in [0.3, 0.4) is 0 Å². The number of nitriles is 1. The number of nitrogens with zero attached hydrogens (tertiary/aromatic N) is 4. The van der Waals surface area contributed by atoms with Gasteiger partial charge in [0.2, 0.25) is 0 Å². The molecule has 0 saturated carbocycles. The summed E-state index contributed by atoms with van der Waals surface area (Å²) in [5.74, 6) is 0.848. The molecular formula is C28H30N4O2. The van der Waals surface area contributed by atoms with Crippen molar-refractivity contribution in [3.8, 4) is 11.8 Å². The zero-order valence-corrected chi connectivity index (χ0v) is 19.6. The first-order valence-corrected chi connectivity index (χ1v) is 11.7. The average Bonchev–Trinajstić information content (AvgIpc) is 2.91. The third-order valence-corrected chi connectivity index (χ3v) is 6.45. The van der Waals surface area contributed by atoms with E-state index in [1.807, 2.05) is 35.4 Å². The van der Waals surface area contributed by atoms with Gasteiger partial charge in [-0.1, -0.05) is 24.3 Å². The van der Waals surface area contributed by atoms with Gasteiger partial charge in [0.05, 0.1) is 18.7 Å². The Morgan fingerprint density at radius 3 is 2.59 bits per heavy atom. The zero-order chi connectivity index (χ0) is 23.8. The molecule has 0 bridgehead atoms. The lowest BCUT2D eigenvalue weighted by Gasteiger charge is -2.38. The van der Waals surface area contributed by atoms with Crippen molar-refractivity contribution in [2.24, 2.45) is 0 Å². The second-order valence-electron chi connectivity index (χ2n) is 8.66. The molecule has 34 heavy (non-hydrogen) atoms. The van der Waals surface area contributed by atoms with Crippen LogP contribution in [-0.2, 0) is 13.0 Å². The Hall–Kier alpha value is -3.69. The molecule has 0 N–H and O–H groups in total. The molecule has 0 aliphatic carbocycles. The molecule has 4 rings (SSSR count). The summed E-state index contributed by atoms with van der Waals surface area (Å²) < 4.78 is 5.24. The fourth-order valence-electron chi connectivity index (χ4n) is 4.48. The minimum Gasteiger partial charge on any atom is -0.497 e. The molecule has 1 amide bonds. The van der Waals surface area contributed by atoms with Gasteiger partial charge in [0.1, 0.15) is 5.75 Å². The number of carbonyl (C=O) groups excluding carboxylic acids is 1. The molecule has 1 aliphatic heterocycles. The molecule has 1 saturated heterocycles. The summed E-state index contributed by atoms with van der Waals surface area (Å²) >= 11 is 0. The normalized spacial score (nSPS) is 14.4. The average molecular weight is 455 g/mol. The van der Waals surface area contributed by atoms with Gasteiger partial charge >= 0.3 is 0 Å². The summed E-state index contributed by atoms with van der Waals surface area (Å²) in [5, 5.41) is 9.26. The minimum absolute atomic E-state index is 0.0300. The van der Waals surface area contributed by atoms with Gasteiger partial charge in [0, 0.05) is 50.2 Å². The Balaban J connectivity index is 1.41. The second-order valence-corrected chi connectivity index (χ2v) is 8.66. The highest BCUT2D eigenvalue weighted by Gasteiger charge is 2.29. The number of aromatic nitrogens is 1. The van der Waals surface area contributed by atoms with E-state index in [1.54, 1.807) is 37.6 Å². The maximum Gasteiger partial charge on any atom is 0.254 e.